The highest BCUT2D eigenvalue weighted by Gasteiger charge is 2.28. The number of benzene rings is 1. The normalized spacial score (nSPS) is 12.1. The van der Waals surface area contributed by atoms with E-state index in [2.05, 4.69) is 15.6 Å². The molecule has 0 fully saturated rings. The van der Waals surface area contributed by atoms with Crippen LogP contribution in [0.2, 0.25) is 0 Å². The van der Waals surface area contributed by atoms with Gasteiger partial charge in [0.05, 0.1) is 0 Å². The molecule has 0 unspecified atom stereocenters. The molecule has 1 aromatic carbocycles. The van der Waals surface area contributed by atoms with Crippen molar-refractivity contribution in [2.45, 2.75) is 19.3 Å². The van der Waals surface area contributed by atoms with Crippen molar-refractivity contribution in [3.63, 3.8) is 0 Å². The van der Waals surface area contributed by atoms with Gasteiger partial charge in [-0.25, -0.2) is 0 Å². The number of nitrogens with one attached hydrogen (secondary N) is 2. The average Bonchev–Trinajstić information content (AvgIpc) is 3.06. The lowest BCUT2D eigenvalue weighted by molar-refractivity contribution is -0.153. The third-order valence-corrected chi connectivity index (χ3v) is 3.76. The van der Waals surface area contributed by atoms with Gasteiger partial charge in [-0.15, -0.1) is 0 Å². The number of thiophene rings is 1. The maximum absolute atomic E-state index is 12.2. The first kappa shape index (κ1) is 18.1. The van der Waals surface area contributed by atoms with E-state index in [0.717, 1.165) is 11.1 Å². The second kappa shape index (κ2) is 8.58. The standard InChI is InChI=1S/C16H18F3N3OS/c1-20-15(22-9-13-5-6-24-10-13)21-8-12-3-2-4-14(7-12)23-11-16(17,18)19/h2-7,10H,8-9,11H2,1H3,(H2,20,21,22). The molecule has 4 nitrogen and oxygen atoms in total. The number of hydrogen-bond donors (Lipinski definition) is 2. The van der Waals surface area contributed by atoms with Crippen LogP contribution < -0.4 is 15.4 Å². The summed E-state index contributed by atoms with van der Waals surface area (Å²) >= 11 is 1.62. The van der Waals surface area contributed by atoms with Crippen LogP contribution in [0.5, 0.6) is 5.75 Å². The molecule has 24 heavy (non-hydrogen) atoms. The third-order valence-electron chi connectivity index (χ3n) is 3.02. The second-order valence-electron chi connectivity index (χ2n) is 4.96. The molecule has 2 N–H and O–H groups in total. The number of rotatable bonds is 6. The van der Waals surface area contributed by atoms with E-state index in [4.69, 9.17) is 4.74 Å². The SMILES string of the molecule is CN=C(NCc1ccsc1)NCc1cccc(OCC(F)(F)F)c1. The van der Waals surface area contributed by atoms with Crippen molar-refractivity contribution in [2.24, 2.45) is 4.99 Å². The highest BCUT2D eigenvalue weighted by molar-refractivity contribution is 7.07. The molecule has 0 radical (unpaired) electrons. The Kier molecular flexibility index (Phi) is 6.48. The molecule has 1 heterocycles. The quantitative estimate of drug-likeness (QED) is 0.614. The Hall–Kier alpha value is -2.22. The third kappa shape index (κ3) is 6.49. The molecule has 2 rings (SSSR count). The van der Waals surface area contributed by atoms with E-state index in [0.29, 0.717) is 19.0 Å². The Labute approximate surface area is 142 Å². The zero-order valence-corrected chi connectivity index (χ0v) is 13.9. The number of aliphatic imine (C=N–C) groups is 1. The van der Waals surface area contributed by atoms with Crippen LogP contribution in [0.4, 0.5) is 13.2 Å². The average molecular weight is 357 g/mol. The Morgan fingerprint density at radius 3 is 2.54 bits per heavy atom. The molecule has 0 amide bonds. The molecule has 0 aliphatic carbocycles. The summed E-state index contributed by atoms with van der Waals surface area (Å²) in [7, 11) is 1.66. The summed E-state index contributed by atoms with van der Waals surface area (Å²) in [4.78, 5) is 4.11. The highest BCUT2D eigenvalue weighted by Crippen LogP contribution is 2.19. The highest BCUT2D eigenvalue weighted by atomic mass is 32.1. The topological polar surface area (TPSA) is 45.7 Å². The lowest BCUT2D eigenvalue weighted by Crippen LogP contribution is -2.36. The lowest BCUT2D eigenvalue weighted by atomic mass is 10.2. The van der Waals surface area contributed by atoms with Crippen LogP contribution in [-0.4, -0.2) is 25.8 Å². The molecule has 8 heteroatoms. The Balaban J connectivity index is 1.83. The van der Waals surface area contributed by atoms with Crippen molar-refractivity contribution in [1.82, 2.24) is 10.6 Å². The van der Waals surface area contributed by atoms with Crippen molar-refractivity contribution in [1.29, 1.82) is 0 Å². The van der Waals surface area contributed by atoms with Crippen LogP contribution in [0.3, 0.4) is 0 Å². The van der Waals surface area contributed by atoms with Gasteiger partial charge in [0, 0.05) is 20.1 Å². The molecule has 130 valence electrons. The summed E-state index contributed by atoms with van der Waals surface area (Å²) in [5, 5.41) is 10.3. The van der Waals surface area contributed by atoms with Gasteiger partial charge in [-0.05, 0) is 40.1 Å². The van der Waals surface area contributed by atoms with E-state index in [1.165, 1.54) is 6.07 Å². The predicted molar refractivity (Wildman–Crippen MR) is 89.3 cm³/mol. The summed E-state index contributed by atoms with van der Waals surface area (Å²) in [5.41, 5.74) is 1.96. The van der Waals surface area contributed by atoms with Gasteiger partial charge in [-0.3, -0.25) is 4.99 Å². The van der Waals surface area contributed by atoms with Gasteiger partial charge in [-0.2, -0.15) is 24.5 Å². The molecule has 0 aliphatic rings. The maximum atomic E-state index is 12.2. The zero-order valence-electron chi connectivity index (χ0n) is 13.1. The van der Waals surface area contributed by atoms with Crippen molar-refractivity contribution >= 4 is 17.3 Å². The van der Waals surface area contributed by atoms with Crippen molar-refractivity contribution in [3.05, 3.63) is 52.2 Å². The summed E-state index contributed by atoms with van der Waals surface area (Å²) in [5.74, 6) is 0.802. The van der Waals surface area contributed by atoms with Gasteiger partial charge in [0.1, 0.15) is 5.75 Å². The number of halogens is 3. The fourth-order valence-corrected chi connectivity index (χ4v) is 2.56. The number of nitrogens with zero attached hydrogens (tertiary/aromatic N) is 1. The Morgan fingerprint density at radius 2 is 1.92 bits per heavy atom. The Bertz CT molecular complexity index is 657. The molecule has 0 aliphatic heterocycles. The van der Waals surface area contributed by atoms with Gasteiger partial charge >= 0.3 is 6.18 Å². The molecular weight excluding hydrogens is 339 g/mol. The Morgan fingerprint density at radius 1 is 1.17 bits per heavy atom. The predicted octanol–water partition coefficient (Wildman–Crippen LogP) is 3.55. The number of hydrogen-bond acceptors (Lipinski definition) is 3. The van der Waals surface area contributed by atoms with Crippen LogP contribution in [-0.2, 0) is 13.1 Å². The number of alkyl halides is 3. The van der Waals surface area contributed by atoms with E-state index in [-0.39, 0.29) is 5.75 Å². The van der Waals surface area contributed by atoms with E-state index in [9.17, 15) is 13.2 Å². The fourth-order valence-electron chi connectivity index (χ4n) is 1.90. The maximum Gasteiger partial charge on any atom is 0.422 e. The van der Waals surface area contributed by atoms with Gasteiger partial charge in [-0.1, -0.05) is 12.1 Å². The fraction of sp³-hybridized carbons (Fsp3) is 0.312. The lowest BCUT2D eigenvalue weighted by Gasteiger charge is -2.13. The first-order valence-electron chi connectivity index (χ1n) is 7.20. The van der Waals surface area contributed by atoms with Crippen molar-refractivity contribution < 1.29 is 17.9 Å². The van der Waals surface area contributed by atoms with E-state index in [1.807, 2.05) is 16.8 Å². The van der Waals surface area contributed by atoms with Gasteiger partial charge < -0.3 is 15.4 Å². The number of guanidine groups is 1. The summed E-state index contributed by atoms with van der Waals surface area (Å²) < 4.78 is 41.3. The smallest absolute Gasteiger partial charge is 0.422 e. The molecule has 0 atom stereocenters. The molecule has 0 saturated heterocycles. The van der Waals surface area contributed by atoms with Crippen LogP contribution >= 0.6 is 11.3 Å². The second-order valence-corrected chi connectivity index (χ2v) is 5.74. The minimum absolute atomic E-state index is 0.188. The van der Waals surface area contributed by atoms with E-state index >= 15 is 0 Å². The van der Waals surface area contributed by atoms with Crippen molar-refractivity contribution in [3.8, 4) is 5.75 Å². The molecule has 0 spiro atoms. The summed E-state index contributed by atoms with van der Waals surface area (Å²) in [6.45, 7) is -0.224. The summed E-state index contributed by atoms with van der Waals surface area (Å²) in [6, 6.07) is 8.56. The van der Waals surface area contributed by atoms with E-state index < -0.39 is 12.8 Å². The molecule has 0 saturated carbocycles. The van der Waals surface area contributed by atoms with Crippen LogP contribution in [0.25, 0.3) is 0 Å². The van der Waals surface area contributed by atoms with E-state index in [1.54, 1.807) is 36.6 Å². The molecule has 2 aromatic rings. The van der Waals surface area contributed by atoms with Crippen LogP contribution in [0.15, 0.2) is 46.1 Å². The van der Waals surface area contributed by atoms with Crippen molar-refractivity contribution in [2.75, 3.05) is 13.7 Å². The van der Waals surface area contributed by atoms with Crippen LogP contribution in [0, 0.1) is 0 Å². The molecule has 1 aromatic heterocycles. The summed E-state index contributed by atoms with van der Waals surface area (Å²) in [6.07, 6.45) is -4.35. The number of ether oxygens (including phenoxy) is 1. The van der Waals surface area contributed by atoms with Crippen LogP contribution in [0.1, 0.15) is 11.1 Å². The van der Waals surface area contributed by atoms with Gasteiger partial charge in [0.15, 0.2) is 12.6 Å². The monoisotopic (exact) mass is 357 g/mol. The van der Waals surface area contributed by atoms with Gasteiger partial charge in [0.25, 0.3) is 0 Å². The minimum Gasteiger partial charge on any atom is -0.484 e. The zero-order chi connectivity index (χ0) is 17.4. The molecule has 0 bridgehead atoms. The molecular formula is C16H18F3N3OS. The van der Waals surface area contributed by atoms with Gasteiger partial charge in [0.2, 0.25) is 0 Å². The first-order valence-corrected chi connectivity index (χ1v) is 8.14. The first-order chi connectivity index (χ1) is 11.5. The largest absolute Gasteiger partial charge is 0.484 e. The minimum atomic E-state index is -4.35.